The summed E-state index contributed by atoms with van der Waals surface area (Å²) in [6.07, 6.45) is -18.7. The van der Waals surface area contributed by atoms with E-state index in [9.17, 15) is 99.6 Å². The maximum Gasteiger partial charge on any atom is 0.407 e. The predicted molar refractivity (Wildman–Crippen MR) is 354 cm³/mol. The zero-order valence-corrected chi connectivity index (χ0v) is 58.0. The molecular formula is C65H110N8O30. The van der Waals surface area contributed by atoms with Crippen molar-refractivity contribution in [2.45, 2.75) is 201 Å². The summed E-state index contributed by atoms with van der Waals surface area (Å²) in [7, 11) is 0. The number of aliphatic hydroxyl groups excluding tert-OH is 12. The van der Waals surface area contributed by atoms with Crippen molar-refractivity contribution in [3.8, 4) is 0 Å². The normalized spacial score (nSPS) is 24.8. The van der Waals surface area contributed by atoms with Crippen LogP contribution >= 0.6 is 0 Å². The quantitative estimate of drug-likeness (QED) is 0.0270. The molecule has 38 heteroatoms. The first-order valence-corrected chi connectivity index (χ1v) is 34.9. The highest BCUT2D eigenvalue weighted by molar-refractivity contribution is 5.83. The molecule has 590 valence electrons. The van der Waals surface area contributed by atoms with Crippen LogP contribution in [-0.4, -0.2) is 331 Å². The minimum absolute atomic E-state index is 0.0547. The molecule has 0 aromatic heterocycles. The van der Waals surface area contributed by atoms with E-state index in [1.807, 2.05) is 0 Å². The van der Waals surface area contributed by atoms with Gasteiger partial charge in [-0.25, -0.2) is 4.79 Å². The Morgan fingerprint density at radius 2 is 0.670 bits per heavy atom. The summed E-state index contributed by atoms with van der Waals surface area (Å²) in [6.45, 7) is -2.75. The fourth-order valence-corrected chi connectivity index (χ4v) is 10.3. The Morgan fingerprint density at radius 1 is 0.359 bits per heavy atom. The third-order valence-corrected chi connectivity index (χ3v) is 16.3. The summed E-state index contributed by atoms with van der Waals surface area (Å²) in [5.74, 6) is -2.80. The van der Waals surface area contributed by atoms with Crippen LogP contribution in [0.1, 0.15) is 102 Å². The molecule has 4 rings (SSSR count). The number of rotatable bonds is 53. The van der Waals surface area contributed by atoms with Gasteiger partial charge in [-0.2, -0.15) is 0 Å². The average Bonchev–Trinajstić information content (AvgIpc) is 0.835. The maximum atomic E-state index is 13.7. The maximum absolute atomic E-state index is 13.7. The van der Waals surface area contributed by atoms with Gasteiger partial charge < -0.3 is 151 Å². The number of aliphatic hydroxyl groups is 12. The van der Waals surface area contributed by atoms with E-state index in [1.54, 1.807) is 30.3 Å². The van der Waals surface area contributed by atoms with Crippen LogP contribution in [0.4, 0.5) is 4.79 Å². The standard InChI is InChI=1S/C65H110N8O30/c74-34-42-52(84)55(87)58(90)61(101-42)97-27-7-4-15-45(77)66-21-10-24-69-48(80)18-30-94-38-65(73-51(83)33-72-64(93)100-37-41-13-2-1-3-14-41,39-95-31-19-49(81)70-25-11-22-67-46(78)16-5-8-28-98-62-59(91)56(88)53(85)43(35-75)102-62)40-96-32-20-50(82)71-26-12-23-68-47(79)17-6-9-29-99-63-60(92)57(89)54(86)44(36-76)103-63/h1-3,13-14,42-44,52-63,74-76,84-92H,4-12,15-40H2,(H,66,77)(H,67,78)(H,68,79)(H,69,80)(H,70,81)(H,71,82)(H,72,93)(H,73,83)/t42-,43-,44-,52-,53-,54-,55-,56-,57-,58-,59-,60-,61+,62+,63+/m0/s1. The Morgan fingerprint density at radius 3 is 0.981 bits per heavy atom. The molecule has 0 unspecified atom stereocenters. The Bertz CT molecular complexity index is 2380. The SMILES string of the molecule is O=C(CCCCO[C@@H]1O[C@@H](CO)[C@H](O)[C@H](O)[C@@H]1O)NCCCNC(=O)CCOCC(COCCC(=O)NCCCNC(=O)CCCCO[C@@H]1O[C@@H](CO)[C@H](O)[C@H](O)[C@@H]1O)(COCCC(=O)NCCCNC(=O)CCCCO[C@@H]1O[C@@H](CO)[C@H](O)[C@H](O)[C@@H]1O)NC(=O)CNC(=O)OCc1ccccc1. The number of nitrogens with one attached hydrogen (secondary N) is 8. The van der Waals surface area contributed by atoms with Gasteiger partial charge in [0.25, 0.3) is 0 Å². The van der Waals surface area contributed by atoms with Gasteiger partial charge in [0, 0.05) is 97.6 Å². The van der Waals surface area contributed by atoms with E-state index in [4.69, 9.17) is 47.4 Å². The molecule has 3 aliphatic rings. The molecule has 3 fully saturated rings. The first-order chi connectivity index (χ1) is 49.5. The lowest BCUT2D eigenvalue weighted by Crippen LogP contribution is -2.60. The van der Waals surface area contributed by atoms with E-state index in [0.717, 1.165) is 0 Å². The molecule has 0 saturated carbocycles. The number of alkyl carbamates (subject to hydrolysis) is 1. The molecule has 1 aromatic carbocycles. The number of carbonyl (C=O) groups is 8. The highest BCUT2D eigenvalue weighted by atomic mass is 16.7. The monoisotopic (exact) mass is 1480 g/mol. The first-order valence-electron chi connectivity index (χ1n) is 34.9. The summed E-state index contributed by atoms with van der Waals surface area (Å²) in [6, 6.07) is 8.79. The van der Waals surface area contributed by atoms with Gasteiger partial charge in [0.05, 0.1) is 59.5 Å². The summed E-state index contributed by atoms with van der Waals surface area (Å²) < 4.78 is 55.5. The molecular weight excluding hydrogens is 1370 g/mol. The number of hydrogen-bond donors (Lipinski definition) is 20. The molecule has 0 aliphatic carbocycles. The Balaban J connectivity index is 1.25. The molecule has 0 spiro atoms. The minimum Gasteiger partial charge on any atom is -0.445 e. The van der Waals surface area contributed by atoms with Crippen molar-refractivity contribution >= 4 is 47.4 Å². The molecule has 0 bridgehead atoms. The molecule has 103 heavy (non-hydrogen) atoms. The molecule has 15 atom stereocenters. The lowest BCUT2D eigenvalue weighted by molar-refractivity contribution is -0.301. The Kier molecular flexibility index (Phi) is 44.4. The minimum atomic E-state index is -1.59. The summed E-state index contributed by atoms with van der Waals surface area (Å²) in [4.78, 5) is 103. The van der Waals surface area contributed by atoms with Crippen molar-refractivity contribution in [2.24, 2.45) is 0 Å². The van der Waals surface area contributed by atoms with Crippen molar-refractivity contribution in [1.29, 1.82) is 0 Å². The van der Waals surface area contributed by atoms with Crippen LogP contribution in [0.3, 0.4) is 0 Å². The van der Waals surface area contributed by atoms with E-state index < -0.39 is 154 Å². The largest absolute Gasteiger partial charge is 0.445 e. The molecule has 1 aromatic rings. The lowest BCUT2D eigenvalue weighted by Gasteiger charge is -2.39. The van der Waals surface area contributed by atoms with Crippen molar-refractivity contribution in [3.05, 3.63) is 35.9 Å². The van der Waals surface area contributed by atoms with Crippen LogP contribution in [-0.2, 0) is 87.5 Å². The number of benzene rings is 1. The topological polar surface area (TPSA) is 568 Å². The van der Waals surface area contributed by atoms with Crippen molar-refractivity contribution in [3.63, 3.8) is 0 Å². The molecule has 3 aliphatic heterocycles. The third-order valence-electron chi connectivity index (χ3n) is 16.3. The van der Waals surface area contributed by atoms with Crippen LogP contribution in [0.15, 0.2) is 30.3 Å². The zero-order chi connectivity index (χ0) is 75.4. The van der Waals surface area contributed by atoms with Crippen LogP contribution in [0, 0.1) is 0 Å². The molecule has 3 heterocycles. The van der Waals surface area contributed by atoms with Gasteiger partial charge in [0.1, 0.15) is 91.9 Å². The Hall–Kier alpha value is -6.06. The van der Waals surface area contributed by atoms with Crippen LogP contribution in [0.5, 0.6) is 0 Å². The fraction of sp³-hybridized carbons (Fsp3) is 0.785. The first kappa shape index (κ1) is 89.3. The van der Waals surface area contributed by atoms with Gasteiger partial charge in [0.15, 0.2) is 18.9 Å². The summed E-state index contributed by atoms with van der Waals surface area (Å²) in [5, 5.41) is 140. The fourth-order valence-electron chi connectivity index (χ4n) is 10.3. The van der Waals surface area contributed by atoms with Crippen molar-refractivity contribution < 1.29 is 147 Å². The third kappa shape index (κ3) is 35.3. The van der Waals surface area contributed by atoms with E-state index in [2.05, 4.69) is 42.5 Å². The number of amides is 8. The van der Waals surface area contributed by atoms with Crippen LogP contribution in [0.2, 0.25) is 0 Å². The highest BCUT2D eigenvalue weighted by Gasteiger charge is 2.46. The Labute approximate surface area is 596 Å². The molecule has 8 amide bonds. The second-order valence-corrected chi connectivity index (χ2v) is 24.9. The van der Waals surface area contributed by atoms with Gasteiger partial charge in [0.2, 0.25) is 41.4 Å². The molecule has 3 saturated heterocycles. The number of carbonyl (C=O) groups excluding carboxylic acids is 8. The van der Waals surface area contributed by atoms with Gasteiger partial charge in [-0.3, -0.25) is 33.6 Å². The number of ether oxygens (including phenoxy) is 10. The molecule has 20 N–H and O–H groups in total. The van der Waals surface area contributed by atoms with E-state index in [-0.39, 0.29) is 162 Å². The van der Waals surface area contributed by atoms with Crippen LogP contribution in [0.25, 0.3) is 0 Å². The van der Waals surface area contributed by atoms with Crippen molar-refractivity contribution in [2.75, 3.05) is 125 Å². The smallest absolute Gasteiger partial charge is 0.407 e. The van der Waals surface area contributed by atoms with E-state index >= 15 is 0 Å². The van der Waals surface area contributed by atoms with Crippen LogP contribution < -0.4 is 42.5 Å². The van der Waals surface area contributed by atoms with Gasteiger partial charge in [-0.05, 0) is 63.4 Å². The lowest BCUT2D eigenvalue weighted by atomic mass is 9.99. The summed E-state index contributed by atoms with van der Waals surface area (Å²) >= 11 is 0. The van der Waals surface area contributed by atoms with Gasteiger partial charge in [-0.15, -0.1) is 0 Å². The van der Waals surface area contributed by atoms with Gasteiger partial charge >= 0.3 is 6.09 Å². The molecule has 0 radical (unpaired) electrons. The number of unbranched alkanes of at least 4 members (excludes halogenated alkanes) is 3. The predicted octanol–water partition coefficient (Wildman–Crippen LogP) is -7.18. The van der Waals surface area contributed by atoms with E-state index in [1.165, 1.54) is 0 Å². The van der Waals surface area contributed by atoms with Crippen molar-refractivity contribution in [1.82, 2.24) is 42.5 Å². The van der Waals surface area contributed by atoms with E-state index in [0.29, 0.717) is 63.4 Å². The second kappa shape index (κ2) is 51.2. The second-order valence-electron chi connectivity index (χ2n) is 24.9. The number of hydrogen-bond acceptors (Lipinski definition) is 30. The molecule has 38 nitrogen and oxygen atoms in total. The zero-order valence-electron chi connectivity index (χ0n) is 58.0. The highest BCUT2D eigenvalue weighted by Crippen LogP contribution is 2.25. The van der Waals surface area contributed by atoms with Gasteiger partial charge in [-0.1, -0.05) is 30.3 Å². The summed E-state index contributed by atoms with van der Waals surface area (Å²) in [5.41, 5.74) is -0.897. The average molecular weight is 1480 g/mol.